The van der Waals surface area contributed by atoms with Crippen molar-refractivity contribution in [3.63, 3.8) is 0 Å². The summed E-state index contributed by atoms with van der Waals surface area (Å²) in [7, 11) is 1.49. The number of hydrogen-bond donors (Lipinski definition) is 1. The summed E-state index contributed by atoms with van der Waals surface area (Å²) in [6.07, 6.45) is 3.41. The van der Waals surface area contributed by atoms with Gasteiger partial charge in [-0.1, -0.05) is 48.5 Å². The highest BCUT2D eigenvalue weighted by Gasteiger charge is 2.16. The molecule has 1 aromatic heterocycles. The number of primary amides is 1. The first-order valence-electron chi connectivity index (χ1n) is 10.3. The van der Waals surface area contributed by atoms with Gasteiger partial charge in [0.25, 0.3) is 0 Å². The lowest BCUT2D eigenvalue weighted by molar-refractivity contribution is -0.132. The summed E-state index contributed by atoms with van der Waals surface area (Å²) < 4.78 is 12.5. The SMILES string of the molecule is COc1ccc(/C=C(\C(N)=O)c2cccc3c2ncn3Cc2ccccc2)cc1OC(C)=O. The van der Waals surface area contributed by atoms with E-state index in [0.29, 0.717) is 34.5 Å². The summed E-state index contributed by atoms with van der Waals surface area (Å²) in [5.41, 5.74) is 10.0. The van der Waals surface area contributed by atoms with Crippen LogP contribution in [0.2, 0.25) is 0 Å². The number of carbonyl (C=O) groups is 2. The summed E-state index contributed by atoms with van der Waals surface area (Å²) >= 11 is 0. The van der Waals surface area contributed by atoms with Crippen LogP contribution in [0.25, 0.3) is 22.7 Å². The summed E-state index contributed by atoms with van der Waals surface area (Å²) in [4.78, 5) is 28.5. The molecule has 0 unspecified atom stereocenters. The third-order valence-corrected chi connectivity index (χ3v) is 5.15. The van der Waals surface area contributed by atoms with Crippen LogP contribution < -0.4 is 15.2 Å². The van der Waals surface area contributed by atoms with E-state index in [9.17, 15) is 9.59 Å². The highest BCUT2D eigenvalue weighted by atomic mass is 16.6. The van der Waals surface area contributed by atoms with Gasteiger partial charge in [-0.05, 0) is 35.4 Å². The molecule has 0 aliphatic rings. The van der Waals surface area contributed by atoms with Crippen molar-refractivity contribution in [2.45, 2.75) is 13.5 Å². The Balaban J connectivity index is 1.77. The van der Waals surface area contributed by atoms with Crippen LogP contribution in [0.5, 0.6) is 11.5 Å². The van der Waals surface area contributed by atoms with Gasteiger partial charge in [-0.25, -0.2) is 4.98 Å². The summed E-state index contributed by atoms with van der Waals surface area (Å²) in [6.45, 7) is 1.96. The minimum absolute atomic E-state index is 0.257. The van der Waals surface area contributed by atoms with Crippen LogP contribution in [-0.2, 0) is 16.1 Å². The molecule has 0 radical (unpaired) electrons. The van der Waals surface area contributed by atoms with Gasteiger partial charge in [0.1, 0.15) is 0 Å². The molecular formula is C26H23N3O4. The van der Waals surface area contributed by atoms with Gasteiger partial charge in [0, 0.05) is 24.6 Å². The first-order chi connectivity index (χ1) is 16.0. The summed E-state index contributed by atoms with van der Waals surface area (Å²) in [5, 5.41) is 0. The quantitative estimate of drug-likeness (QED) is 0.202. The van der Waals surface area contributed by atoms with Crippen LogP contribution in [0.3, 0.4) is 0 Å². The standard InChI is InChI=1S/C26H23N3O4/c1-17(30)33-24-14-19(11-12-23(24)32-2)13-21(26(27)31)20-9-6-10-22-25(20)28-16-29(22)15-18-7-4-3-5-8-18/h3-14,16H,15H2,1-2H3,(H2,27,31)/b21-13-. The lowest BCUT2D eigenvalue weighted by atomic mass is 10.0. The van der Waals surface area contributed by atoms with Crippen molar-refractivity contribution in [1.82, 2.24) is 9.55 Å². The number of para-hydroxylation sites is 1. The zero-order valence-electron chi connectivity index (χ0n) is 18.3. The lowest BCUT2D eigenvalue weighted by Crippen LogP contribution is -2.13. The molecule has 166 valence electrons. The largest absolute Gasteiger partial charge is 0.493 e. The third kappa shape index (κ3) is 4.77. The lowest BCUT2D eigenvalue weighted by Gasteiger charge is -2.10. The Kier molecular flexibility index (Phi) is 6.22. The zero-order chi connectivity index (χ0) is 23.4. The fourth-order valence-corrected chi connectivity index (χ4v) is 3.68. The molecule has 2 N–H and O–H groups in total. The molecule has 0 fully saturated rings. The average molecular weight is 441 g/mol. The first-order valence-corrected chi connectivity index (χ1v) is 10.3. The number of methoxy groups -OCH3 is 1. The van der Waals surface area contributed by atoms with Crippen LogP contribution in [0.15, 0.2) is 73.1 Å². The van der Waals surface area contributed by atoms with Crippen molar-refractivity contribution >= 4 is 34.6 Å². The second-order valence-corrected chi connectivity index (χ2v) is 7.46. The molecule has 0 bridgehead atoms. The third-order valence-electron chi connectivity index (χ3n) is 5.15. The van der Waals surface area contributed by atoms with Crippen molar-refractivity contribution in [2.24, 2.45) is 5.73 Å². The number of nitrogens with zero attached hydrogens (tertiary/aromatic N) is 2. The summed E-state index contributed by atoms with van der Waals surface area (Å²) in [5.74, 6) is -0.402. The van der Waals surface area contributed by atoms with Gasteiger partial charge >= 0.3 is 5.97 Å². The Bertz CT molecular complexity index is 1360. The van der Waals surface area contributed by atoms with Crippen LogP contribution >= 0.6 is 0 Å². The van der Waals surface area contributed by atoms with E-state index in [1.54, 1.807) is 30.6 Å². The van der Waals surface area contributed by atoms with Crippen molar-refractivity contribution in [2.75, 3.05) is 7.11 Å². The molecule has 4 aromatic rings. The number of hydrogen-bond acceptors (Lipinski definition) is 5. The fourth-order valence-electron chi connectivity index (χ4n) is 3.68. The maximum atomic E-state index is 12.4. The maximum Gasteiger partial charge on any atom is 0.308 e. The first kappa shape index (κ1) is 21.8. The molecule has 1 amide bonds. The number of carbonyl (C=O) groups excluding carboxylic acids is 2. The number of aromatic nitrogens is 2. The number of benzene rings is 3. The molecule has 0 saturated heterocycles. The Morgan fingerprint density at radius 1 is 1.03 bits per heavy atom. The highest BCUT2D eigenvalue weighted by molar-refractivity contribution is 6.26. The molecule has 0 atom stereocenters. The van der Waals surface area contributed by atoms with E-state index in [-0.39, 0.29) is 5.75 Å². The minimum Gasteiger partial charge on any atom is -0.493 e. The smallest absolute Gasteiger partial charge is 0.308 e. The molecule has 0 aliphatic heterocycles. The molecule has 0 saturated carbocycles. The van der Waals surface area contributed by atoms with Gasteiger partial charge in [0.2, 0.25) is 5.91 Å². The van der Waals surface area contributed by atoms with Crippen LogP contribution in [0, 0.1) is 0 Å². The van der Waals surface area contributed by atoms with Gasteiger partial charge in [0.15, 0.2) is 11.5 Å². The molecule has 7 nitrogen and oxygen atoms in total. The van der Waals surface area contributed by atoms with Gasteiger partial charge in [-0.2, -0.15) is 0 Å². The molecule has 1 heterocycles. The number of ether oxygens (including phenoxy) is 2. The molecule has 33 heavy (non-hydrogen) atoms. The number of esters is 1. The molecule has 4 rings (SSSR count). The van der Waals surface area contributed by atoms with E-state index < -0.39 is 11.9 Å². The second-order valence-electron chi connectivity index (χ2n) is 7.46. The van der Waals surface area contributed by atoms with Gasteiger partial charge in [-0.15, -0.1) is 0 Å². The zero-order valence-corrected chi connectivity index (χ0v) is 18.3. The van der Waals surface area contributed by atoms with Crippen molar-refractivity contribution < 1.29 is 19.1 Å². The van der Waals surface area contributed by atoms with Crippen LogP contribution in [0.1, 0.15) is 23.6 Å². The minimum atomic E-state index is -0.593. The Morgan fingerprint density at radius 3 is 2.52 bits per heavy atom. The monoisotopic (exact) mass is 441 g/mol. The molecule has 0 spiro atoms. The predicted molar refractivity (Wildman–Crippen MR) is 127 cm³/mol. The Morgan fingerprint density at radius 2 is 1.82 bits per heavy atom. The highest BCUT2D eigenvalue weighted by Crippen LogP contribution is 2.31. The molecule has 3 aromatic carbocycles. The Labute approximate surface area is 191 Å². The Hall–Kier alpha value is -4.39. The van der Waals surface area contributed by atoms with E-state index in [0.717, 1.165) is 11.1 Å². The van der Waals surface area contributed by atoms with Crippen LogP contribution in [0.4, 0.5) is 0 Å². The summed E-state index contributed by atoms with van der Waals surface area (Å²) in [6, 6.07) is 20.7. The van der Waals surface area contributed by atoms with Gasteiger partial charge < -0.3 is 19.8 Å². The number of rotatable bonds is 7. The normalized spacial score (nSPS) is 11.4. The molecular weight excluding hydrogens is 418 g/mol. The molecule has 7 heteroatoms. The van der Waals surface area contributed by atoms with Gasteiger partial charge in [0.05, 0.1) is 24.5 Å². The van der Waals surface area contributed by atoms with E-state index in [4.69, 9.17) is 15.2 Å². The van der Waals surface area contributed by atoms with Crippen molar-refractivity contribution in [3.8, 4) is 11.5 Å². The van der Waals surface area contributed by atoms with E-state index in [1.807, 2.05) is 41.0 Å². The number of fused-ring (bicyclic) bond motifs is 1. The average Bonchev–Trinajstić information content (AvgIpc) is 3.21. The van der Waals surface area contributed by atoms with Gasteiger partial charge in [-0.3, -0.25) is 9.59 Å². The number of amides is 1. The van der Waals surface area contributed by atoms with Crippen LogP contribution in [-0.4, -0.2) is 28.5 Å². The molecule has 0 aliphatic carbocycles. The fraction of sp³-hybridized carbons (Fsp3) is 0.115. The van der Waals surface area contributed by atoms with Crippen molar-refractivity contribution in [3.05, 3.63) is 89.7 Å². The maximum absolute atomic E-state index is 12.4. The van der Waals surface area contributed by atoms with E-state index >= 15 is 0 Å². The topological polar surface area (TPSA) is 96.4 Å². The number of nitrogens with two attached hydrogens (primary N) is 1. The number of imidazole rings is 1. The van der Waals surface area contributed by atoms with E-state index in [2.05, 4.69) is 17.1 Å². The second kappa shape index (κ2) is 9.40. The van der Waals surface area contributed by atoms with E-state index in [1.165, 1.54) is 14.0 Å². The van der Waals surface area contributed by atoms with Crippen molar-refractivity contribution in [1.29, 1.82) is 0 Å². The predicted octanol–water partition coefficient (Wildman–Crippen LogP) is 4.04.